The van der Waals surface area contributed by atoms with Crippen LogP contribution in [0.5, 0.6) is 0 Å². The summed E-state index contributed by atoms with van der Waals surface area (Å²) in [4.78, 5) is 21.1. The van der Waals surface area contributed by atoms with Crippen LogP contribution in [0.15, 0.2) is 41.3 Å². The number of aromatic nitrogens is 1. The lowest BCUT2D eigenvalue weighted by Gasteiger charge is -2.34. The normalized spacial score (nSPS) is 15.0. The van der Waals surface area contributed by atoms with Crippen LogP contribution in [0.4, 0.5) is 5.13 Å². The SMILES string of the molecule is Cc1ccc(Cl)c2sc(N3CCN(C(=O)CS(=O)(=O)c4ccc(Cl)cc4)CC3)nc12. The van der Waals surface area contributed by atoms with E-state index in [-0.39, 0.29) is 4.90 Å². The number of carbonyl (C=O) groups is 1. The molecule has 1 aliphatic heterocycles. The topological polar surface area (TPSA) is 70.6 Å². The number of anilines is 1. The minimum atomic E-state index is -3.71. The average molecular weight is 484 g/mol. The van der Waals surface area contributed by atoms with Crippen LogP contribution < -0.4 is 4.90 Å². The molecule has 1 amide bonds. The molecular formula is C20H19Cl2N3O3S2. The summed E-state index contributed by atoms with van der Waals surface area (Å²) < 4.78 is 26.0. The van der Waals surface area contributed by atoms with Crippen molar-refractivity contribution in [1.82, 2.24) is 9.88 Å². The van der Waals surface area contributed by atoms with Crippen LogP contribution in [-0.2, 0) is 14.6 Å². The van der Waals surface area contributed by atoms with Crippen molar-refractivity contribution in [1.29, 1.82) is 0 Å². The van der Waals surface area contributed by atoms with E-state index >= 15 is 0 Å². The van der Waals surface area contributed by atoms with Gasteiger partial charge < -0.3 is 9.80 Å². The summed E-state index contributed by atoms with van der Waals surface area (Å²) in [6, 6.07) is 9.67. The summed E-state index contributed by atoms with van der Waals surface area (Å²) in [5.74, 6) is -0.947. The molecule has 0 spiro atoms. The second kappa shape index (κ2) is 8.34. The van der Waals surface area contributed by atoms with E-state index in [1.807, 2.05) is 19.1 Å². The first-order valence-electron chi connectivity index (χ1n) is 9.31. The lowest BCUT2D eigenvalue weighted by atomic mass is 10.2. The van der Waals surface area contributed by atoms with Crippen LogP contribution in [0.1, 0.15) is 5.56 Å². The van der Waals surface area contributed by atoms with E-state index in [1.165, 1.54) is 35.6 Å². The molecule has 0 N–H and O–H groups in total. The number of hydrogen-bond donors (Lipinski definition) is 0. The van der Waals surface area contributed by atoms with Gasteiger partial charge in [-0.25, -0.2) is 13.4 Å². The molecule has 1 aromatic heterocycles. The Morgan fingerprint density at radius 1 is 1.07 bits per heavy atom. The summed E-state index contributed by atoms with van der Waals surface area (Å²) in [7, 11) is -3.71. The molecular weight excluding hydrogens is 465 g/mol. The quantitative estimate of drug-likeness (QED) is 0.559. The molecule has 4 rings (SSSR count). The number of aryl methyl sites for hydroxylation is 1. The molecule has 3 aromatic rings. The maximum Gasteiger partial charge on any atom is 0.238 e. The molecule has 10 heteroatoms. The first kappa shape index (κ1) is 21.4. The van der Waals surface area contributed by atoms with E-state index < -0.39 is 21.5 Å². The van der Waals surface area contributed by atoms with E-state index in [0.717, 1.165) is 20.9 Å². The minimum absolute atomic E-state index is 0.0978. The van der Waals surface area contributed by atoms with Crippen LogP contribution in [0.2, 0.25) is 10.0 Å². The maximum atomic E-state index is 12.6. The fraction of sp³-hybridized carbons (Fsp3) is 0.300. The van der Waals surface area contributed by atoms with Crippen molar-refractivity contribution in [3.05, 3.63) is 52.0 Å². The molecule has 0 unspecified atom stereocenters. The Bertz CT molecular complexity index is 1160. The number of piperazine rings is 1. The van der Waals surface area contributed by atoms with Crippen LogP contribution in [0.25, 0.3) is 10.2 Å². The van der Waals surface area contributed by atoms with Gasteiger partial charge in [-0.05, 0) is 42.8 Å². The van der Waals surface area contributed by atoms with E-state index in [0.29, 0.717) is 36.2 Å². The van der Waals surface area contributed by atoms with Gasteiger partial charge in [-0.1, -0.05) is 40.6 Å². The number of amides is 1. The van der Waals surface area contributed by atoms with Crippen molar-refractivity contribution in [3.63, 3.8) is 0 Å². The number of sulfone groups is 1. The summed E-state index contributed by atoms with van der Waals surface area (Å²) in [5, 5.41) is 1.99. The van der Waals surface area contributed by atoms with Gasteiger partial charge in [0, 0.05) is 31.2 Å². The van der Waals surface area contributed by atoms with E-state index in [1.54, 1.807) is 4.90 Å². The average Bonchev–Trinajstić information content (AvgIpc) is 3.18. The Kier molecular flexibility index (Phi) is 5.94. The van der Waals surface area contributed by atoms with Crippen molar-refractivity contribution in [2.45, 2.75) is 11.8 Å². The number of fused-ring (bicyclic) bond motifs is 1. The lowest BCUT2D eigenvalue weighted by Crippen LogP contribution is -2.50. The molecule has 158 valence electrons. The Balaban J connectivity index is 1.42. The van der Waals surface area contributed by atoms with Crippen molar-refractivity contribution in [3.8, 4) is 0 Å². The van der Waals surface area contributed by atoms with E-state index in [9.17, 15) is 13.2 Å². The molecule has 0 atom stereocenters. The molecule has 2 aromatic carbocycles. The number of halogens is 2. The predicted octanol–water partition coefficient (Wildman–Crippen LogP) is 4.03. The number of rotatable bonds is 4. The third-order valence-corrected chi connectivity index (χ3v) is 8.52. The molecule has 1 aliphatic rings. The van der Waals surface area contributed by atoms with Gasteiger partial charge in [0.1, 0.15) is 5.75 Å². The highest BCUT2D eigenvalue weighted by Gasteiger charge is 2.27. The smallest absolute Gasteiger partial charge is 0.238 e. The molecule has 0 bridgehead atoms. The van der Waals surface area contributed by atoms with Crippen LogP contribution in [0, 0.1) is 6.92 Å². The Hall–Kier alpha value is -1.87. The number of nitrogens with zero attached hydrogens (tertiary/aromatic N) is 3. The maximum absolute atomic E-state index is 12.6. The summed E-state index contributed by atoms with van der Waals surface area (Å²) in [6.45, 7) is 4.06. The second-order valence-corrected chi connectivity index (χ2v) is 10.9. The van der Waals surface area contributed by atoms with Gasteiger partial charge in [0.05, 0.1) is 20.1 Å². The summed E-state index contributed by atoms with van der Waals surface area (Å²) >= 11 is 13.6. The Morgan fingerprint density at radius 3 is 2.37 bits per heavy atom. The monoisotopic (exact) mass is 483 g/mol. The lowest BCUT2D eigenvalue weighted by molar-refractivity contribution is -0.128. The summed E-state index contributed by atoms with van der Waals surface area (Å²) in [6.07, 6.45) is 0. The highest BCUT2D eigenvalue weighted by Crippen LogP contribution is 2.35. The first-order valence-corrected chi connectivity index (χ1v) is 12.5. The fourth-order valence-corrected chi connectivity index (χ4v) is 6.07. The molecule has 0 radical (unpaired) electrons. The van der Waals surface area contributed by atoms with Gasteiger partial charge in [0.25, 0.3) is 0 Å². The Labute approximate surface area is 188 Å². The molecule has 30 heavy (non-hydrogen) atoms. The highest BCUT2D eigenvalue weighted by molar-refractivity contribution is 7.92. The molecule has 2 heterocycles. The zero-order chi connectivity index (χ0) is 21.5. The van der Waals surface area contributed by atoms with Crippen LogP contribution >= 0.6 is 34.5 Å². The van der Waals surface area contributed by atoms with Crippen molar-refractivity contribution >= 4 is 65.6 Å². The fourth-order valence-electron chi connectivity index (χ4n) is 3.35. The van der Waals surface area contributed by atoms with Gasteiger partial charge in [-0.15, -0.1) is 0 Å². The molecule has 1 saturated heterocycles. The third kappa shape index (κ3) is 4.27. The van der Waals surface area contributed by atoms with Crippen molar-refractivity contribution in [2.24, 2.45) is 0 Å². The number of hydrogen-bond acceptors (Lipinski definition) is 6. The predicted molar refractivity (Wildman–Crippen MR) is 122 cm³/mol. The molecule has 0 saturated carbocycles. The van der Waals surface area contributed by atoms with Crippen molar-refractivity contribution in [2.75, 3.05) is 36.8 Å². The number of benzene rings is 2. The van der Waals surface area contributed by atoms with Crippen LogP contribution in [-0.4, -0.2) is 56.1 Å². The summed E-state index contributed by atoms with van der Waals surface area (Å²) in [5.41, 5.74) is 1.97. The standard InChI is InChI=1S/C20H19Cl2N3O3S2/c1-13-2-7-16(22)19-18(13)23-20(29-19)25-10-8-24(9-11-25)17(26)12-30(27,28)15-5-3-14(21)4-6-15/h2-7H,8-12H2,1H3. The molecule has 0 aliphatic carbocycles. The number of thiazole rings is 1. The molecule has 1 fully saturated rings. The van der Waals surface area contributed by atoms with Crippen LogP contribution in [0.3, 0.4) is 0 Å². The van der Waals surface area contributed by atoms with Gasteiger partial charge in [0.15, 0.2) is 15.0 Å². The van der Waals surface area contributed by atoms with Gasteiger partial charge in [0.2, 0.25) is 5.91 Å². The van der Waals surface area contributed by atoms with Gasteiger partial charge in [-0.3, -0.25) is 4.79 Å². The largest absolute Gasteiger partial charge is 0.345 e. The second-order valence-electron chi connectivity index (χ2n) is 7.12. The van der Waals surface area contributed by atoms with Gasteiger partial charge in [-0.2, -0.15) is 0 Å². The number of carbonyl (C=O) groups excluding carboxylic acids is 1. The van der Waals surface area contributed by atoms with E-state index in [2.05, 4.69) is 4.90 Å². The first-order chi connectivity index (χ1) is 14.2. The zero-order valence-electron chi connectivity index (χ0n) is 16.1. The zero-order valence-corrected chi connectivity index (χ0v) is 19.3. The molecule has 6 nitrogen and oxygen atoms in total. The highest BCUT2D eigenvalue weighted by atomic mass is 35.5. The van der Waals surface area contributed by atoms with E-state index in [4.69, 9.17) is 28.2 Å². The Morgan fingerprint density at radius 2 is 1.73 bits per heavy atom. The third-order valence-electron chi connectivity index (χ3n) is 5.08. The van der Waals surface area contributed by atoms with Gasteiger partial charge >= 0.3 is 0 Å². The van der Waals surface area contributed by atoms with Crippen molar-refractivity contribution < 1.29 is 13.2 Å². The minimum Gasteiger partial charge on any atom is -0.345 e.